The van der Waals surface area contributed by atoms with E-state index in [-0.39, 0.29) is 24.3 Å². The van der Waals surface area contributed by atoms with Gasteiger partial charge in [0, 0.05) is 12.0 Å². The van der Waals surface area contributed by atoms with Crippen molar-refractivity contribution >= 4 is 17.8 Å². The minimum Gasteiger partial charge on any atom is -0.481 e. The van der Waals surface area contributed by atoms with Crippen LogP contribution in [-0.4, -0.2) is 28.1 Å². The van der Waals surface area contributed by atoms with Gasteiger partial charge in [-0.1, -0.05) is 20.4 Å². The Labute approximate surface area is 93.8 Å². The minimum atomic E-state index is -1.10. The molecule has 6 heteroatoms. The van der Waals surface area contributed by atoms with Gasteiger partial charge in [-0.3, -0.25) is 14.4 Å². The molecule has 0 bridgehead atoms. The number of hydrogen-bond acceptors (Lipinski definition) is 3. The van der Waals surface area contributed by atoms with Gasteiger partial charge in [-0.25, -0.2) is 0 Å². The van der Waals surface area contributed by atoms with E-state index in [2.05, 4.69) is 12.3 Å². The van der Waals surface area contributed by atoms with Gasteiger partial charge in [0.25, 0.3) is 0 Å². The highest BCUT2D eigenvalue weighted by molar-refractivity contribution is 5.95. The largest absolute Gasteiger partial charge is 0.481 e. The number of carbonyl (C=O) groups is 3. The van der Waals surface area contributed by atoms with Gasteiger partial charge in [-0.05, 0) is 5.92 Å². The maximum absolute atomic E-state index is 10.1. The Morgan fingerprint density at radius 2 is 1.62 bits per heavy atom. The lowest BCUT2D eigenvalue weighted by Crippen LogP contribution is -2.15. The van der Waals surface area contributed by atoms with Gasteiger partial charge in [0.2, 0.25) is 5.91 Å². The summed E-state index contributed by atoms with van der Waals surface area (Å²) in [7, 11) is 0. The van der Waals surface area contributed by atoms with Crippen molar-refractivity contribution in [3.8, 4) is 0 Å². The summed E-state index contributed by atoms with van der Waals surface area (Å²) in [5.41, 5.74) is 4.60. The fourth-order valence-corrected chi connectivity index (χ4v) is 0.619. The Hall–Kier alpha value is -1.85. The second-order valence-electron chi connectivity index (χ2n) is 3.53. The molecule has 0 unspecified atom stereocenters. The van der Waals surface area contributed by atoms with Gasteiger partial charge in [0.15, 0.2) is 0 Å². The highest BCUT2D eigenvalue weighted by Crippen LogP contribution is 1.96. The summed E-state index contributed by atoms with van der Waals surface area (Å²) >= 11 is 0. The first-order valence-electron chi connectivity index (χ1n) is 4.58. The normalized spacial score (nSPS) is 8.94. The predicted octanol–water partition coefficient (Wildman–Crippen LogP) is 0.620. The Morgan fingerprint density at radius 3 is 1.69 bits per heavy atom. The lowest BCUT2D eigenvalue weighted by atomic mass is 10.1. The fourth-order valence-electron chi connectivity index (χ4n) is 0.619. The molecule has 16 heavy (non-hydrogen) atoms. The smallest absolute Gasteiger partial charge is 0.308 e. The quantitative estimate of drug-likeness (QED) is 0.599. The molecule has 0 aliphatic carbocycles. The molecule has 6 nitrogen and oxygen atoms in total. The molecule has 0 aromatic carbocycles. The molecule has 1 amide bonds. The van der Waals surface area contributed by atoms with E-state index in [0.29, 0.717) is 0 Å². The van der Waals surface area contributed by atoms with E-state index < -0.39 is 17.8 Å². The topological polar surface area (TPSA) is 118 Å². The Morgan fingerprint density at radius 1 is 1.19 bits per heavy atom. The van der Waals surface area contributed by atoms with Gasteiger partial charge < -0.3 is 15.9 Å². The van der Waals surface area contributed by atoms with Crippen molar-refractivity contribution in [1.29, 1.82) is 0 Å². The van der Waals surface area contributed by atoms with E-state index >= 15 is 0 Å². The van der Waals surface area contributed by atoms with E-state index in [0.717, 1.165) is 0 Å². The number of rotatable bonds is 5. The highest BCUT2D eigenvalue weighted by atomic mass is 16.4. The van der Waals surface area contributed by atoms with Crippen LogP contribution in [0.15, 0.2) is 12.2 Å². The van der Waals surface area contributed by atoms with Gasteiger partial charge in [0.05, 0.1) is 6.42 Å². The second-order valence-corrected chi connectivity index (χ2v) is 3.53. The third-order valence-electron chi connectivity index (χ3n) is 1.30. The van der Waals surface area contributed by atoms with E-state index in [1.165, 1.54) is 0 Å². The average molecular weight is 231 g/mol. The van der Waals surface area contributed by atoms with Crippen LogP contribution < -0.4 is 5.73 Å². The monoisotopic (exact) mass is 231 g/mol. The second kappa shape index (κ2) is 8.46. The highest BCUT2D eigenvalue weighted by Gasteiger charge is 2.05. The third-order valence-corrected chi connectivity index (χ3v) is 1.30. The number of nitrogens with two attached hydrogens (primary N) is 1. The van der Waals surface area contributed by atoms with Crippen LogP contribution in [0, 0.1) is 5.92 Å². The summed E-state index contributed by atoms with van der Waals surface area (Å²) in [5.74, 6) is -2.30. The molecule has 0 fully saturated rings. The minimum absolute atomic E-state index is 0.0810. The summed E-state index contributed by atoms with van der Waals surface area (Å²) in [6, 6.07) is 0. The van der Waals surface area contributed by atoms with Crippen molar-refractivity contribution in [3.05, 3.63) is 12.2 Å². The van der Waals surface area contributed by atoms with Crippen LogP contribution in [0.1, 0.15) is 26.7 Å². The zero-order chi connectivity index (χ0) is 13.3. The fraction of sp³-hybridized carbons (Fsp3) is 0.500. The molecule has 0 radical (unpaired) electrons. The van der Waals surface area contributed by atoms with E-state index in [9.17, 15) is 14.4 Å². The zero-order valence-corrected chi connectivity index (χ0v) is 9.40. The van der Waals surface area contributed by atoms with Crippen molar-refractivity contribution in [2.45, 2.75) is 26.7 Å². The number of carbonyl (C=O) groups excluding carboxylic acids is 1. The Kier molecular flexibility index (Phi) is 8.76. The first-order valence-corrected chi connectivity index (χ1v) is 4.58. The van der Waals surface area contributed by atoms with Gasteiger partial charge in [0.1, 0.15) is 0 Å². The predicted molar refractivity (Wildman–Crippen MR) is 57.7 cm³/mol. The number of amides is 1. The molecule has 0 heterocycles. The number of hydrogen-bond donors (Lipinski definition) is 3. The molecular weight excluding hydrogens is 214 g/mol. The van der Waals surface area contributed by atoms with Gasteiger partial charge in [-0.2, -0.15) is 0 Å². The Balaban J connectivity index is 0. The van der Waals surface area contributed by atoms with Crippen LogP contribution in [0.3, 0.4) is 0 Å². The molecule has 0 atom stereocenters. The number of aliphatic carboxylic acids is 2. The molecular formula is C10H17NO5. The number of carboxylic acids is 2. The molecule has 0 aromatic rings. The summed E-state index contributed by atoms with van der Waals surface area (Å²) in [6.07, 6.45) is -0.102. The van der Waals surface area contributed by atoms with E-state index in [1.54, 1.807) is 0 Å². The van der Waals surface area contributed by atoms with Crippen LogP contribution in [0.2, 0.25) is 0 Å². The van der Waals surface area contributed by atoms with Crippen LogP contribution in [0.5, 0.6) is 0 Å². The molecule has 0 rings (SSSR count). The molecule has 4 N–H and O–H groups in total. The average Bonchev–Trinajstić information content (AvgIpc) is 2.00. The van der Waals surface area contributed by atoms with Crippen molar-refractivity contribution in [1.82, 2.24) is 0 Å². The summed E-state index contributed by atoms with van der Waals surface area (Å²) in [6.45, 7) is 6.91. The van der Waals surface area contributed by atoms with Crippen LogP contribution >= 0.6 is 0 Å². The van der Waals surface area contributed by atoms with Gasteiger partial charge in [-0.15, -0.1) is 0 Å². The maximum atomic E-state index is 10.1. The molecule has 0 aliphatic rings. The standard InChI is InChI=1S/C5H7NO3.C5H10O2/c1-3(5(6)9)2-4(7)8;1-4(2)3-5(6)7/h1-2H2,(H2,6,9)(H,7,8);4H,3H2,1-2H3,(H,6,7). The number of primary amides is 1. The molecule has 92 valence electrons. The van der Waals surface area contributed by atoms with Crippen molar-refractivity contribution in [3.63, 3.8) is 0 Å². The summed E-state index contributed by atoms with van der Waals surface area (Å²) in [5, 5.41) is 16.1. The van der Waals surface area contributed by atoms with Crippen molar-refractivity contribution < 1.29 is 24.6 Å². The van der Waals surface area contributed by atoms with Crippen LogP contribution in [0.25, 0.3) is 0 Å². The zero-order valence-electron chi connectivity index (χ0n) is 9.40. The molecule has 0 aliphatic heterocycles. The third kappa shape index (κ3) is 14.7. The molecule has 0 aromatic heterocycles. The van der Waals surface area contributed by atoms with E-state index in [4.69, 9.17) is 10.2 Å². The van der Waals surface area contributed by atoms with E-state index in [1.807, 2.05) is 13.8 Å². The summed E-state index contributed by atoms with van der Waals surface area (Å²) in [4.78, 5) is 29.7. The van der Waals surface area contributed by atoms with Crippen molar-refractivity contribution in [2.75, 3.05) is 0 Å². The van der Waals surface area contributed by atoms with Crippen LogP contribution in [0.4, 0.5) is 0 Å². The van der Waals surface area contributed by atoms with Gasteiger partial charge >= 0.3 is 11.9 Å². The summed E-state index contributed by atoms with van der Waals surface area (Å²) < 4.78 is 0. The lowest BCUT2D eigenvalue weighted by molar-refractivity contribution is -0.138. The SMILES string of the molecule is C=C(CC(=O)O)C(N)=O.CC(C)CC(=O)O. The number of carboxylic acid groups (broad SMARTS) is 2. The first-order chi connectivity index (χ1) is 7.16. The van der Waals surface area contributed by atoms with Crippen LogP contribution in [-0.2, 0) is 14.4 Å². The molecule has 0 spiro atoms. The molecule has 0 saturated heterocycles. The first kappa shape index (κ1) is 16.6. The maximum Gasteiger partial charge on any atom is 0.308 e. The lowest BCUT2D eigenvalue weighted by Gasteiger charge is -1.94. The molecule has 0 saturated carbocycles. The van der Waals surface area contributed by atoms with Crippen molar-refractivity contribution in [2.24, 2.45) is 11.7 Å². The Bertz CT molecular complexity index is 283.